The molecule has 6 heteroatoms. The van der Waals surface area contributed by atoms with Gasteiger partial charge in [-0.15, -0.1) is 0 Å². The molecule has 0 saturated carbocycles. The van der Waals surface area contributed by atoms with Crippen LogP contribution in [0.15, 0.2) is 42.6 Å². The molecule has 0 bridgehead atoms. The van der Waals surface area contributed by atoms with Crippen molar-refractivity contribution in [2.75, 3.05) is 7.11 Å². The van der Waals surface area contributed by atoms with E-state index in [0.29, 0.717) is 17.0 Å². The van der Waals surface area contributed by atoms with E-state index in [1.807, 2.05) is 0 Å². The third kappa shape index (κ3) is 2.18. The number of primary amides is 1. The van der Waals surface area contributed by atoms with Gasteiger partial charge in [-0.05, 0) is 30.3 Å². The summed E-state index contributed by atoms with van der Waals surface area (Å²) in [5, 5.41) is 0.266. The third-order valence-corrected chi connectivity index (χ3v) is 3.46. The van der Waals surface area contributed by atoms with E-state index in [1.165, 1.54) is 6.20 Å². The van der Waals surface area contributed by atoms with Gasteiger partial charge >= 0.3 is 0 Å². The van der Waals surface area contributed by atoms with Gasteiger partial charge in [0.15, 0.2) is 11.6 Å². The first-order chi connectivity index (χ1) is 10.5. The zero-order valence-corrected chi connectivity index (χ0v) is 11.6. The molecule has 0 spiro atoms. The first-order valence-corrected chi connectivity index (χ1v) is 6.45. The Kier molecular flexibility index (Phi) is 3.29. The van der Waals surface area contributed by atoms with Gasteiger partial charge in [0.2, 0.25) is 0 Å². The van der Waals surface area contributed by atoms with Crippen LogP contribution in [0.25, 0.3) is 16.6 Å². The minimum Gasteiger partial charge on any atom is -0.497 e. The molecule has 112 valence electrons. The van der Waals surface area contributed by atoms with Gasteiger partial charge in [0.25, 0.3) is 5.91 Å². The molecule has 0 aliphatic carbocycles. The maximum absolute atomic E-state index is 13.5. The van der Waals surface area contributed by atoms with Gasteiger partial charge in [-0.25, -0.2) is 8.78 Å². The molecule has 0 aliphatic heterocycles. The number of nitrogens with two attached hydrogens (primary N) is 1. The number of ether oxygens (including phenoxy) is 1. The Hall–Kier alpha value is -2.89. The van der Waals surface area contributed by atoms with E-state index in [4.69, 9.17) is 10.5 Å². The van der Waals surface area contributed by atoms with Crippen molar-refractivity contribution in [3.63, 3.8) is 0 Å². The number of carbonyl (C=O) groups excluding carboxylic acids is 1. The summed E-state index contributed by atoms with van der Waals surface area (Å²) in [5.74, 6) is -2.06. The molecule has 2 aromatic carbocycles. The van der Waals surface area contributed by atoms with Crippen molar-refractivity contribution in [2.24, 2.45) is 5.73 Å². The van der Waals surface area contributed by atoms with Crippen LogP contribution in [0.4, 0.5) is 8.78 Å². The average molecular weight is 302 g/mol. The molecule has 0 aliphatic rings. The topological polar surface area (TPSA) is 57.2 Å². The maximum Gasteiger partial charge on any atom is 0.250 e. The number of rotatable bonds is 3. The van der Waals surface area contributed by atoms with Crippen LogP contribution < -0.4 is 10.5 Å². The summed E-state index contributed by atoms with van der Waals surface area (Å²) in [7, 11) is 1.55. The van der Waals surface area contributed by atoms with Gasteiger partial charge in [0, 0.05) is 23.3 Å². The Labute approximate surface area is 124 Å². The van der Waals surface area contributed by atoms with Crippen molar-refractivity contribution in [2.45, 2.75) is 0 Å². The molecular weight excluding hydrogens is 290 g/mol. The number of fused-ring (bicyclic) bond motifs is 1. The minimum atomic E-state index is -1.03. The minimum absolute atomic E-state index is 0.129. The third-order valence-electron chi connectivity index (χ3n) is 3.46. The number of carbonyl (C=O) groups is 1. The predicted molar refractivity (Wildman–Crippen MR) is 78.3 cm³/mol. The fraction of sp³-hybridized carbons (Fsp3) is 0.0625. The zero-order chi connectivity index (χ0) is 15.9. The first-order valence-electron chi connectivity index (χ1n) is 6.45. The van der Waals surface area contributed by atoms with Crippen molar-refractivity contribution in [3.8, 4) is 11.4 Å². The molecule has 1 heterocycles. The number of halogens is 2. The second-order valence-electron chi connectivity index (χ2n) is 4.76. The quantitative estimate of drug-likeness (QED) is 0.808. The van der Waals surface area contributed by atoms with Crippen molar-refractivity contribution < 1.29 is 18.3 Å². The molecule has 0 saturated heterocycles. The molecule has 0 atom stereocenters. The molecule has 0 unspecified atom stereocenters. The predicted octanol–water partition coefficient (Wildman–Crippen LogP) is 3.02. The number of hydrogen-bond donors (Lipinski definition) is 1. The number of benzene rings is 2. The first kappa shape index (κ1) is 14.1. The normalized spacial score (nSPS) is 10.9. The second kappa shape index (κ2) is 5.14. The summed E-state index contributed by atoms with van der Waals surface area (Å²) in [4.78, 5) is 11.5. The van der Waals surface area contributed by atoms with E-state index in [2.05, 4.69) is 0 Å². The van der Waals surface area contributed by atoms with E-state index >= 15 is 0 Å². The smallest absolute Gasteiger partial charge is 0.250 e. The van der Waals surface area contributed by atoms with E-state index in [0.717, 1.165) is 12.1 Å². The van der Waals surface area contributed by atoms with Gasteiger partial charge in [-0.3, -0.25) is 4.79 Å². The molecular formula is C16H12F2N2O2. The standard InChI is InChI=1S/C16H12F2N2O2/c1-22-10-4-2-9(3-5-10)20-8-12(16(19)21)11-6-13(17)14(18)7-15(11)20/h2-8H,1H3,(H2,19,21). The molecule has 1 aromatic heterocycles. The molecule has 0 fully saturated rings. The van der Waals surface area contributed by atoms with Gasteiger partial charge in [0.1, 0.15) is 5.75 Å². The molecule has 1 amide bonds. The van der Waals surface area contributed by atoms with Crippen molar-refractivity contribution in [1.29, 1.82) is 0 Å². The van der Waals surface area contributed by atoms with E-state index in [1.54, 1.807) is 35.9 Å². The summed E-state index contributed by atoms with van der Waals surface area (Å²) < 4.78 is 33.7. The van der Waals surface area contributed by atoms with E-state index < -0.39 is 17.5 Å². The lowest BCUT2D eigenvalue weighted by Crippen LogP contribution is -2.10. The fourth-order valence-electron chi connectivity index (χ4n) is 2.37. The average Bonchev–Trinajstić information content (AvgIpc) is 2.86. The largest absolute Gasteiger partial charge is 0.497 e. The van der Waals surface area contributed by atoms with Crippen LogP contribution in [0.2, 0.25) is 0 Å². The maximum atomic E-state index is 13.5. The Balaban J connectivity index is 2.28. The summed E-state index contributed by atoms with van der Waals surface area (Å²) in [6, 6.07) is 8.96. The molecule has 0 radical (unpaired) electrons. The van der Waals surface area contributed by atoms with Crippen molar-refractivity contribution in [1.82, 2.24) is 4.57 Å². The van der Waals surface area contributed by atoms with Crippen molar-refractivity contribution >= 4 is 16.8 Å². The Morgan fingerprint density at radius 1 is 1.14 bits per heavy atom. The Morgan fingerprint density at radius 3 is 2.36 bits per heavy atom. The van der Waals surface area contributed by atoms with E-state index in [9.17, 15) is 13.6 Å². The Morgan fingerprint density at radius 2 is 1.77 bits per heavy atom. The lowest BCUT2D eigenvalue weighted by Gasteiger charge is -2.07. The van der Waals surface area contributed by atoms with Gasteiger partial charge in [0.05, 0.1) is 18.2 Å². The van der Waals surface area contributed by atoms with Crippen LogP contribution >= 0.6 is 0 Å². The molecule has 3 rings (SSSR count). The SMILES string of the molecule is COc1ccc(-n2cc(C(N)=O)c3cc(F)c(F)cc32)cc1. The summed E-state index contributed by atoms with van der Waals surface area (Å²) in [6.07, 6.45) is 1.47. The summed E-state index contributed by atoms with van der Waals surface area (Å²) in [5.41, 5.74) is 6.48. The highest BCUT2D eigenvalue weighted by Gasteiger charge is 2.17. The van der Waals surface area contributed by atoms with E-state index in [-0.39, 0.29) is 10.9 Å². The van der Waals surface area contributed by atoms with Gasteiger partial charge in [-0.2, -0.15) is 0 Å². The number of amides is 1. The molecule has 2 N–H and O–H groups in total. The summed E-state index contributed by atoms with van der Waals surface area (Å²) in [6.45, 7) is 0. The second-order valence-corrected chi connectivity index (χ2v) is 4.76. The number of nitrogens with zero attached hydrogens (tertiary/aromatic N) is 1. The van der Waals surface area contributed by atoms with Crippen LogP contribution in [-0.4, -0.2) is 17.6 Å². The molecule has 22 heavy (non-hydrogen) atoms. The highest BCUT2D eigenvalue weighted by molar-refractivity contribution is 6.06. The number of aromatic nitrogens is 1. The van der Waals surface area contributed by atoms with Crippen LogP contribution in [-0.2, 0) is 0 Å². The van der Waals surface area contributed by atoms with Crippen LogP contribution in [0.3, 0.4) is 0 Å². The van der Waals surface area contributed by atoms with Gasteiger partial charge in [-0.1, -0.05) is 0 Å². The van der Waals surface area contributed by atoms with Crippen LogP contribution in [0, 0.1) is 11.6 Å². The lowest BCUT2D eigenvalue weighted by atomic mass is 10.1. The number of methoxy groups -OCH3 is 1. The Bertz CT molecular complexity index is 870. The zero-order valence-electron chi connectivity index (χ0n) is 11.6. The van der Waals surface area contributed by atoms with Crippen LogP contribution in [0.5, 0.6) is 5.75 Å². The van der Waals surface area contributed by atoms with Crippen LogP contribution in [0.1, 0.15) is 10.4 Å². The molecule has 4 nitrogen and oxygen atoms in total. The number of hydrogen-bond acceptors (Lipinski definition) is 2. The highest BCUT2D eigenvalue weighted by Crippen LogP contribution is 2.27. The van der Waals surface area contributed by atoms with Crippen molar-refractivity contribution in [3.05, 3.63) is 59.8 Å². The van der Waals surface area contributed by atoms with Gasteiger partial charge < -0.3 is 15.0 Å². The molecule has 3 aromatic rings. The highest BCUT2D eigenvalue weighted by atomic mass is 19.2. The monoisotopic (exact) mass is 302 g/mol. The fourth-order valence-corrected chi connectivity index (χ4v) is 2.37. The lowest BCUT2D eigenvalue weighted by molar-refractivity contribution is 0.100. The summed E-state index contributed by atoms with van der Waals surface area (Å²) >= 11 is 0.